The van der Waals surface area contributed by atoms with Crippen molar-refractivity contribution < 1.29 is 14.3 Å². The highest BCUT2D eigenvalue weighted by molar-refractivity contribution is 7.71. The molecule has 41 heavy (non-hydrogen) atoms. The van der Waals surface area contributed by atoms with Crippen LogP contribution in [-0.2, 0) is 29.7 Å². The molecule has 2 heterocycles. The lowest BCUT2D eigenvalue weighted by molar-refractivity contribution is -0.0167. The zero-order valence-electron chi connectivity index (χ0n) is 22.3. The van der Waals surface area contributed by atoms with Crippen LogP contribution in [0.25, 0.3) is 5.69 Å². The number of hydrogen-bond acceptors (Lipinski definition) is 7. The van der Waals surface area contributed by atoms with Crippen LogP contribution in [0.15, 0.2) is 83.7 Å². The standard InChI is InChI=1S/C30H28Cl2N4O4S/c1-34-28(37)26(29(38)40-19-20-8-4-2-5-9-20)27(36(30(34)41)22-10-6-3-7-11-22)33-25-18-35(14-15-39-25)17-21-12-13-23(31)24(32)16-21/h2-13,16,25,33H,14-15,17-19H2,1H3. The summed E-state index contributed by atoms with van der Waals surface area (Å²) in [5, 5.41) is 4.30. The summed E-state index contributed by atoms with van der Waals surface area (Å²) in [4.78, 5) is 29.2. The van der Waals surface area contributed by atoms with Gasteiger partial charge in [0, 0.05) is 32.4 Å². The number of para-hydroxylation sites is 1. The molecule has 0 radical (unpaired) electrons. The lowest BCUT2D eigenvalue weighted by atomic mass is 10.2. The molecule has 1 aromatic heterocycles. The van der Waals surface area contributed by atoms with E-state index in [0.29, 0.717) is 42.0 Å². The number of morpholine rings is 1. The minimum absolute atomic E-state index is 0.0145. The average molecular weight is 612 g/mol. The fraction of sp³-hybridized carbons (Fsp3) is 0.233. The Balaban J connectivity index is 1.49. The molecular weight excluding hydrogens is 583 g/mol. The quantitative estimate of drug-likeness (QED) is 0.198. The van der Waals surface area contributed by atoms with Gasteiger partial charge in [-0.15, -0.1) is 0 Å². The van der Waals surface area contributed by atoms with E-state index in [-0.39, 0.29) is 22.8 Å². The maximum Gasteiger partial charge on any atom is 0.347 e. The second-order valence-electron chi connectivity index (χ2n) is 9.59. The smallest absolute Gasteiger partial charge is 0.347 e. The summed E-state index contributed by atoms with van der Waals surface area (Å²) in [6.45, 7) is 2.22. The van der Waals surface area contributed by atoms with Crippen LogP contribution >= 0.6 is 35.4 Å². The molecule has 1 N–H and O–H groups in total. The first-order valence-electron chi connectivity index (χ1n) is 13.0. The normalized spacial score (nSPS) is 15.4. The van der Waals surface area contributed by atoms with Crippen LogP contribution in [0.3, 0.4) is 0 Å². The van der Waals surface area contributed by atoms with Gasteiger partial charge in [-0.05, 0) is 47.6 Å². The van der Waals surface area contributed by atoms with E-state index < -0.39 is 17.8 Å². The van der Waals surface area contributed by atoms with Crippen molar-refractivity contribution in [2.75, 3.05) is 25.0 Å². The summed E-state index contributed by atoms with van der Waals surface area (Å²) in [7, 11) is 1.54. The van der Waals surface area contributed by atoms with Gasteiger partial charge in [-0.3, -0.25) is 18.8 Å². The topological polar surface area (TPSA) is 77.7 Å². The number of rotatable bonds is 8. The number of benzene rings is 3. The van der Waals surface area contributed by atoms with Gasteiger partial charge >= 0.3 is 5.97 Å². The van der Waals surface area contributed by atoms with E-state index in [0.717, 1.165) is 11.1 Å². The van der Waals surface area contributed by atoms with E-state index in [2.05, 4.69) is 10.2 Å². The van der Waals surface area contributed by atoms with Crippen molar-refractivity contribution in [1.82, 2.24) is 14.0 Å². The number of anilines is 1. The highest BCUT2D eigenvalue weighted by Crippen LogP contribution is 2.25. The molecule has 4 aromatic rings. The number of carbonyl (C=O) groups is 1. The van der Waals surface area contributed by atoms with Gasteiger partial charge in [-0.2, -0.15) is 0 Å². The van der Waals surface area contributed by atoms with E-state index in [1.54, 1.807) is 10.6 Å². The first-order valence-corrected chi connectivity index (χ1v) is 14.1. The second-order valence-corrected chi connectivity index (χ2v) is 10.8. The first-order chi connectivity index (χ1) is 19.8. The molecule has 0 saturated carbocycles. The maximum atomic E-state index is 13.5. The highest BCUT2D eigenvalue weighted by Gasteiger charge is 2.28. The third-order valence-corrected chi connectivity index (χ3v) is 7.92. The fourth-order valence-corrected chi connectivity index (χ4v) is 5.23. The molecule has 212 valence electrons. The summed E-state index contributed by atoms with van der Waals surface area (Å²) >= 11 is 18.0. The number of esters is 1. The van der Waals surface area contributed by atoms with E-state index >= 15 is 0 Å². The lowest BCUT2D eigenvalue weighted by Crippen LogP contribution is -2.46. The van der Waals surface area contributed by atoms with Crippen LogP contribution in [0, 0.1) is 4.77 Å². The summed E-state index contributed by atoms with van der Waals surface area (Å²) in [5.74, 6) is -0.552. The zero-order chi connectivity index (χ0) is 28.9. The van der Waals surface area contributed by atoms with Crippen molar-refractivity contribution in [2.45, 2.75) is 19.4 Å². The molecule has 0 aliphatic carbocycles. The number of nitrogens with zero attached hydrogens (tertiary/aromatic N) is 3. The first kappa shape index (κ1) is 29.0. The number of nitrogens with one attached hydrogen (secondary N) is 1. The SMILES string of the molecule is Cn1c(=O)c(C(=O)OCc2ccccc2)c(NC2CN(Cc3ccc(Cl)c(Cl)c3)CCO2)n(-c2ccccc2)c1=S. The summed E-state index contributed by atoms with van der Waals surface area (Å²) in [6.07, 6.45) is -0.552. The van der Waals surface area contributed by atoms with Gasteiger partial charge in [0.2, 0.25) is 0 Å². The molecule has 5 rings (SSSR count). The Morgan fingerprint density at radius 2 is 1.73 bits per heavy atom. The largest absolute Gasteiger partial charge is 0.457 e. The monoisotopic (exact) mass is 610 g/mol. The van der Waals surface area contributed by atoms with Crippen LogP contribution in [0.1, 0.15) is 21.5 Å². The summed E-state index contributed by atoms with van der Waals surface area (Å²) in [5.41, 5.74) is 1.76. The molecule has 0 spiro atoms. The van der Waals surface area contributed by atoms with Crippen LogP contribution in [0.2, 0.25) is 10.0 Å². The van der Waals surface area contributed by atoms with E-state index in [9.17, 15) is 9.59 Å². The third-order valence-electron chi connectivity index (χ3n) is 6.73. The molecule has 1 aliphatic heterocycles. The van der Waals surface area contributed by atoms with Gasteiger partial charge in [0.1, 0.15) is 18.7 Å². The summed E-state index contributed by atoms with van der Waals surface area (Å²) in [6, 6.07) is 24.1. The fourth-order valence-electron chi connectivity index (χ4n) is 4.63. The van der Waals surface area contributed by atoms with Crippen molar-refractivity contribution >= 4 is 47.2 Å². The molecule has 1 aliphatic rings. The molecular formula is C30H28Cl2N4O4S. The minimum atomic E-state index is -0.764. The predicted molar refractivity (Wildman–Crippen MR) is 163 cm³/mol. The van der Waals surface area contributed by atoms with Gasteiger partial charge in [-0.25, -0.2) is 4.79 Å². The summed E-state index contributed by atoms with van der Waals surface area (Å²) < 4.78 is 14.8. The van der Waals surface area contributed by atoms with Crippen molar-refractivity contribution in [2.24, 2.45) is 7.05 Å². The Morgan fingerprint density at radius 1 is 1.02 bits per heavy atom. The Hall–Kier alpha value is -3.47. The Morgan fingerprint density at radius 3 is 2.44 bits per heavy atom. The number of halogens is 2. The van der Waals surface area contributed by atoms with Gasteiger partial charge in [0.25, 0.3) is 5.56 Å². The van der Waals surface area contributed by atoms with Crippen LogP contribution in [0.4, 0.5) is 5.82 Å². The molecule has 0 amide bonds. The number of ether oxygens (including phenoxy) is 2. The van der Waals surface area contributed by atoms with Crippen LogP contribution < -0.4 is 10.9 Å². The maximum absolute atomic E-state index is 13.5. The van der Waals surface area contributed by atoms with Gasteiger partial charge in [0.15, 0.2) is 10.3 Å². The van der Waals surface area contributed by atoms with E-state index in [1.807, 2.05) is 72.8 Å². The number of aromatic nitrogens is 2. The van der Waals surface area contributed by atoms with Gasteiger partial charge in [-0.1, -0.05) is 77.8 Å². The van der Waals surface area contributed by atoms with E-state index in [1.165, 1.54) is 11.6 Å². The zero-order valence-corrected chi connectivity index (χ0v) is 24.6. The van der Waals surface area contributed by atoms with Crippen LogP contribution in [-0.4, -0.2) is 45.9 Å². The number of hydrogen-bond donors (Lipinski definition) is 1. The van der Waals surface area contributed by atoms with Crippen LogP contribution in [0.5, 0.6) is 0 Å². The third kappa shape index (κ3) is 6.72. The molecule has 0 bridgehead atoms. The van der Waals surface area contributed by atoms with Gasteiger partial charge in [0.05, 0.1) is 16.7 Å². The highest BCUT2D eigenvalue weighted by atomic mass is 35.5. The van der Waals surface area contributed by atoms with Crippen molar-refractivity contribution in [3.8, 4) is 5.69 Å². The molecule has 1 saturated heterocycles. The van der Waals surface area contributed by atoms with E-state index in [4.69, 9.17) is 44.9 Å². The molecule has 11 heteroatoms. The second kappa shape index (κ2) is 13.0. The molecule has 1 unspecified atom stereocenters. The molecule has 8 nitrogen and oxygen atoms in total. The van der Waals surface area contributed by atoms with Crippen molar-refractivity contribution in [3.63, 3.8) is 0 Å². The van der Waals surface area contributed by atoms with Crippen molar-refractivity contribution in [1.29, 1.82) is 0 Å². The molecule has 3 aromatic carbocycles. The predicted octanol–water partition coefficient (Wildman–Crippen LogP) is 5.84. The number of carbonyl (C=O) groups excluding carboxylic acids is 1. The van der Waals surface area contributed by atoms with Gasteiger partial charge < -0.3 is 14.8 Å². The Labute approximate surface area is 252 Å². The Kier molecular flexibility index (Phi) is 9.22. The Bertz CT molecular complexity index is 1660. The lowest BCUT2D eigenvalue weighted by Gasteiger charge is -2.34. The van der Waals surface area contributed by atoms with Crippen molar-refractivity contribution in [3.05, 3.63) is 121 Å². The average Bonchev–Trinajstić information content (AvgIpc) is 2.98. The minimum Gasteiger partial charge on any atom is -0.457 e. The molecule has 1 fully saturated rings. The molecule has 1 atom stereocenters.